The molecule has 3 aromatic carbocycles. The van der Waals surface area contributed by atoms with Crippen molar-refractivity contribution in [2.24, 2.45) is 0 Å². The molecule has 144 valence electrons. The van der Waals surface area contributed by atoms with Gasteiger partial charge in [-0.05, 0) is 54.1 Å². The van der Waals surface area contributed by atoms with Crippen molar-refractivity contribution in [3.05, 3.63) is 71.8 Å². The molecular formula is C24H27N3O. The van der Waals surface area contributed by atoms with E-state index >= 15 is 0 Å². The van der Waals surface area contributed by atoms with Crippen molar-refractivity contribution in [2.75, 3.05) is 43.4 Å². The lowest BCUT2D eigenvalue weighted by Gasteiger charge is -2.34. The lowest BCUT2D eigenvalue weighted by atomic mass is 10.0. The average molecular weight is 374 g/mol. The van der Waals surface area contributed by atoms with Crippen LogP contribution in [0.5, 0.6) is 0 Å². The fourth-order valence-electron chi connectivity index (χ4n) is 3.86. The third kappa shape index (κ3) is 4.02. The number of hydrogen-bond donors (Lipinski definition) is 1. The van der Waals surface area contributed by atoms with E-state index in [4.69, 9.17) is 0 Å². The quantitative estimate of drug-likeness (QED) is 0.748. The lowest BCUT2D eigenvalue weighted by molar-refractivity contribution is -0.115. The zero-order chi connectivity index (χ0) is 19.5. The van der Waals surface area contributed by atoms with E-state index < -0.39 is 0 Å². The maximum Gasteiger partial charge on any atom is 0.228 e. The number of piperazine rings is 1. The number of anilines is 2. The Kier molecular flexibility index (Phi) is 5.31. The number of fused-ring (bicyclic) bond motifs is 1. The number of nitrogens with one attached hydrogen (secondary N) is 1. The highest BCUT2D eigenvalue weighted by molar-refractivity contribution is 5.96. The third-order valence-electron chi connectivity index (χ3n) is 5.58. The highest BCUT2D eigenvalue weighted by Gasteiger charge is 2.15. The van der Waals surface area contributed by atoms with E-state index in [0.717, 1.165) is 48.4 Å². The average Bonchev–Trinajstić information content (AvgIpc) is 2.70. The minimum Gasteiger partial charge on any atom is -0.369 e. The van der Waals surface area contributed by atoms with Gasteiger partial charge in [0, 0.05) is 37.6 Å². The van der Waals surface area contributed by atoms with Crippen LogP contribution in [0.15, 0.2) is 60.7 Å². The molecule has 0 aromatic heterocycles. The molecule has 1 saturated heterocycles. The van der Waals surface area contributed by atoms with Crippen LogP contribution in [0.2, 0.25) is 0 Å². The molecule has 0 atom stereocenters. The van der Waals surface area contributed by atoms with Crippen molar-refractivity contribution >= 4 is 28.1 Å². The number of amides is 1. The molecule has 1 N–H and O–H groups in total. The summed E-state index contributed by atoms with van der Waals surface area (Å²) in [6.07, 6.45) is 0.376. The van der Waals surface area contributed by atoms with E-state index in [9.17, 15) is 4.79 Å². The summed E-state index contributed by atoms with van der Waals surface area (Å²) in [7, 11) is 2.16. The number of hydrogen-bond acceptors (Lipinski definition) is 3. The Morgan fingerprint density at radius 3 is 2.50 bits per heavy atom. The number of rotatable bonds is 4. The van der Waals surface area contributed by atoms with Crippen LogP contribution in [0.4, 0.5) is 11.4 Å². The number of benzene rings is 3. The molecule has 0 aliphatic carbocycles. The Labute approximate surface area is 166 Å². The Morgan fingerprint density at radius 2 is 1.71 bits per heavy atom. The third-order valence-corrected chi connectivity index (χ3v) is 5.58. The van der Waals surface area contributed by atoms with Crippen molar-refractivity contribution in [3.8, 4) is 0 Å². The van der Waals surface area contributed by atoms with Gasteiger partial charge in [0.15, 0.2) is 0 Å². The van der Waals surface area contributed by atoms with Crippen LogP contribution in [0.3, 0.4) is 0 Å². The first kappa shape index (κ1) is 18.5. The van der Waals surface area contributed by atoms with E-state index in [1.807, 2.05) is 30.3 Å². The summed E-state index contributed by atoms with van der Waals surface area (Å²) in [6.45, 7) is 6.32. The first-order valence-corrected chi connectivity index (χ1v) is 9.91. The van der Waals surface area contributed by atoms with Gasteiger partial charge in [0.05, 0.1) is 6.42 Å². The second kappa shape index (κ2) is 8.03. The predicted octanol–water partition coefficient (Wildman–Crippen LogP) is 4.08. The molecule has 0 radical (unpaired) electrons. The van der Waals surface area contributed by atoms with Gasteiger partial charge in [-0.3, -0.25) is 4.79 Å². The summed E-state index contributed by atoms with van der Waals surface area (Å²) in [6, 6.07) is 20.7. The molecule has 1 aliphatic rings. The smallest absolute Gasteiger partial charge is 0.228 e. The van der Waals surface area contributed by atoms with Crippen LogP contribution in [-0.4, -0.2) is 44.0 Å². The molecule has 0 bridgehead atoms. The van der Waals surface area contributed by atoms with Gasteiger partial charge in [-0.25, -0.2) is 0 Å². The molecule has 4 nitrogen and oxygen atoms in total. The van der Waals surface area contributed by atoms with Crippen molar-refractivity contribution in [1.82, 2.24) is 4.90 Å². The van der Waals surface area contributed by atoms with Crippen molar-refractivity contribution in [3.63, 3.8) is 0 Å². The molecule has 3 aromatic rings. The van der Waals surface area contributed by atoms with Crippen LogP contribution < -0.4 is 10.2 Å². The van der Waals surface area contributed by atoms with E-state index in [0.29, 0.717) is 6.42 Å². The number of aryl methyl sites for hydroxylation is 1. The number of likely N-dealkylation sites (N-methyl/N-ethyl adjacent to an activating group) is 1. The van der Waals surface area contributed by atoms with Gasteiger partial charge >= 0.3 is 0 Å². The molecule has 1 amide bonds. The molecular weight excluding hydrogens is 346 g/mol. The largest absolute Gasteiger partial charge is 0.369 e. The minimum absolute atomic E-state index is 0.0202. The van der Waals surface area contributed by atoms with Crippen LogP contribution >= 0.6 is 0 Å². The van der Waals surface area contributed by atoms with Crippen molar-refractivity contribution in [1.29, 1.82) is 0 Å². The molecule has 4 heteroatoms. The highest BCUT2D eigenvalue weighted by Crippen LogP contribution is 2.24. The fourth-order valence-corrected chi connectivity index (χ4v) is 3.86. The van der Waals surface area contributed by atoms with E-state index in [2.05, 4.69) is 59.4 Å². The summed E-state index contributed by atoms with van der Waals surface area (Å²) in [5.41, 5.74) is 4.28. The minimum atomic E-state index is 0.0202. The van der Waals surface area contributed by atoms with Crippen molar-refractivity contribution in [2.45, 2.75) is 13.3 Å². The normalized spacial score (nSPS) is 15.0. The second-order valence-corrected chi connectivity index (χ2v) is 7.65. The summed E-state index contributed by atoms with van der Waals surface area (Å²) >= 11 is 0. The molecule has 0 unspecified atom stereocenters. The van der Waals surface area contributed by atoms with Gasteiger partial charge < -0.3 is 15.1 Å². The van der Waals surface area contributed by atoms with Gasteiger partial charge in [0.1, 0.15) is 0 Å². The maximum absolute atomic E-state index is 12.7. The Morgan fingerprint density at radius 1 is 0.964 bits per heavy atom. The van der Waals surface area contributed by atoms with E-state index in [1.165, 1.54) is 11.1 Å². The van der Waals surface area contributed by atoms with Gasteiger partial charge in [-0.1, -0.05) is 42.5 Å². The maximum atomic E-state index is 12.7. The summed E-state index contributed by atoms with van der Waals surface area (Å²) in [5.74, 6) is 0.0202. The second-order valence-electron chi connectivity index (χ2n) is 7.65. The van der Waals surface area contributed by atoms with E-state index in [-0.39, 0.29) is 5.91 Å². The Hall–Kier alpha value is -2.85. The first-order chi connectivity index (χ1) is 13.6. The van der Waals surface area contributed by atoms with E-state index in [1.54, 1.807) is 0 Å². The molecule has 0 spiro atoms. The van der Waals surface area contributed by atoms with Gasteiger partial charge in [-0.15, -0.1) is 0 Å². The zero-order valence-electron chi connectivity index (χ0n) is 16.6. The monoisotopic (exact) mass is 373 g/mol. The summed E-state index contributed by atoms with van der Waals surface area (Å²) < 4.78 is 0. The first-order valence-electron chi connectivity index (χ1n) is 9.91. The van der Waals surface area contributed by atoms with Crippen LogP contribution in [0.1, 0.15) is 11.1 Å². The Bertz CT molecular complexity index is 985. The molecule has 1 fully saturated rings. The number of carbonyl (C=O) groups is 1. The van der Waals surface area contributed by atoms with Crippen LogP contribution in [0, 0.1) is 6.92 Å². The van der Waals surface area contributed by atoms with Crippen molar-refractivity contribution < 1.29 is 4.79 Å². The molecule has 4 rings (SSSR count). The van der Waals surface area contributed by atoms with Gasteiger partial charge in [0.25, 0.3) is 0 Å². The molecule has 1 aliphatic heterocycles. The van der Waals surface area contributed by atoms with Crippen LogP contribution in [-0.2, 0) is 11.2 Å². The SMILES string of the molecule is Cc1cc(N2CCN(C)CC2)ccc1NC(=O)Cc1cccc2ccccc12. The number of nitrogens with zero attached hydrogens (tertiary/aromatic N) is 2. The van der Waals surface area contributed by atoms with Crippen LogP contribution in [0.25, 0.3) is 10.8 Å². The molecule has 0 saturated carbocycles. The Balaban J connectivity index is 1.45. The standard InChI is InChI=1S/C24H27N3O/c1-18-16-21(27-14-12-26(2)13-15-27)10-11-23(18)25-24(28)17-20-8-5-7-19-6-3-4-9-22(19)20/h3-11,16H,12-15,17H2,1-2H3,(H,25,28). The van der Waals surface area contributed by atoms with Gasteiger partial charge in [0.2, 0.25) is 5.91 Å². The topological polar surface area (TPSA) is 35.6 Å². The lowest BCUT2D eigenvalue weighted by Crippen LogP contribution is -2.44. The summed E-state index contributed by atoms with van der Waals surface area (Å²) in [5, 5.41) is 5.40. The van der Waals surface area contributed by atoms with Gasteiger partial charge in [-0.2, -0.15) is 0 Å². The fraction of sp³-hybridized carbons (Fsp3) is 0.292. The molecule has 1 heterocycles. The number of carbonyl (C=O) groups excluding carboxylic acids is 1. The highest BCUT2D eigenvalue weighted by atomic mass is 16.1. The summed E-state index contributed by atoms with van der Waals surface area (Å²) in [4.78, 5) is 17.4. The molecule has 28 heavy (non-hydrogen) atoms. The zero-order valence-corrected chi connectivity index (χ0v) is 16.6. The predicted molar refractivity (Wildman–Crippen MR) is 117 cm³/mol.